The molecule has 0 saturated carbocycles. The summed E-state index contributed by atoms with van der Waals surface area (Å²) in [6, 6.07) is 0. The van der Waals surface area contributed by atoms with Crippen LogP contribution in [0, 0.1) is 0 Å². The molecule has 0 fully saturated rings. The summed E-state index contributed by atoms with van der Waals surface area (Å²) < 4.78 is 0. The Hall–Kier alpha value is -0.661. The third-order valence-corrected chi connectivity index (χ3v) is 10.3. The van der Waals surface area contributed by atoms with Crippen LogP contribution >= 0.6 is 0 Å². The second-order valence-corrected chi connectivity index (χ2v) is 14.3. The van der Waals surface area contributed by atoms with Gasteiger partial charge in [-0.25, -0.2) is 0 Å². The predicted molar refractivity (Wildman–Crippen MR) is 182 cm³/mol. The summed E-state index contributed by atoms with van der Waals surface area (Å²) in [5.74, 6) is 0.424. The molecule has 1 aromatic heterocycles. The quantitative estimate of drug-likeness (QED) is 0.0448. The zero-order chi connectivity index (χ0) is 29.6. The third kappa shape index (κ3) is 22.5. The maximum absolute atomic E-state index is 12.8. The predicted octanol–water partition coefficient (Wildman–Crippen LogP) is 12.9. The van der Waals surface area contributed by atoms with Gasteiger partial charge in [0.15, 0.2) is 0 Å². The van der Waals surface area contributed by atoms with Gasteiger partial charge in [0.05, 0.1) is 0 Å². The number of hydrogen-bond acceptors (Lipinski definition) is 2. The number of Topliss-reactive ketones (excluding diaryl/α,β-unsaturated/α-hetero) is 2. The molecule has 0 aliphatic carbocycles. The Balaban J connectivity index is 1.99. The molecule has 2 nitrogen and oxygen atoms in total. The first-order valence-corrected chi connectivity index (χ1v) is 20.3. The first-order valence-electron chi connectivity index (χ1n) is 18.3. The van der Waals surface area contributed by atoms with Crippen molar-refractivity contribution >= 4 is 26.1 Å². The van der Waals surface area contributed by atoms with E-state index in [0.717, 1.165) is 36.8 Å². The summed E-state index contributed by atoms with van der Waals surface area (Å²) in [4.78, 5) is 29.8. The van der Waals surface area contributed by atoms with Crippen LogP contribution in [0.5, 0.6) is 0 Å². The molecule has 0 unspecified atom stereocenters. The van der Waals surface area contributed by atoms with Gasteiger partial charge >= 0.3 is 172 Å². The van der Waals surface area contributed by atoms with E-state index >= 15 is 0 Å². The molecule has 0 aliphatic heterocycles. The van der Waals surface area contributed by atoms with E-state index in [1.807, 2.05) is 0 Å². The number of ketones is 2. The molecule has 1 heterocycles. The molecule has 0 spiro atoms. The fourth-order valence-corrected chi connectivity index (χ4v) is 7.76. The molecule has 0 N–H and O–H groups in total. The van der Waals surface area contributed by atoms with Crippen molar-refractivity contribution in [2.75, 3.05) is 0 Å². The number of rotatable bonds is 32. The van der Waals surface area contributed by atoms with Gasteiger partial charge in [-0.05, 0) is 0 Å². The Bertz CT molecular complexity index is 663. The summed E-state index contributed by atoms with van der Waals surface area (Å²) in [6.07, 6.45) is 38.5. The Morgan fingerprint density at radius 1 is 0.390 bits per heavy atom. The minimum atomic E-state index is 0.182. The molecule has 238 valence electrons. The third-order valence-electron chi connectivity index (χ3n) is 8.78. The fraction of sp³-hybridized carbons (Fsp3) is 0.842. The van der Waals surface area contributed by atoms with E-state index in [1.54, 1.807) is 0 Å². The summed E-state index contributed by atoms with van der Waals surface area (Å²) >= 11 is 0.182. The van der Waals surface area contributed by atoms with Crippen molar-refractivity contribution in [2.24, 2.45) is 0 Å². The van der Waals surface area contributed by atoms with Gasteiger partial charge in [0.2, 0.25) is 0 Å². The molecule has 0 aliphatic rings. The van der Waals surface area contributed by atoms with Gasteiger partial charge < -0.3 is 0 Å². The second-order valence-electron chi connectivity index (χ2n) is 12.7. The minimum absolute atomic E-state index is 0.182. The molecular weight excluding hydrogens is 567 g/mol. The molecule has 0 bridgehead atoms. The van der Waals surface area contributed by atoms with Crippen LogP contribution < -0.4 is 0 Å². The van der Waals surface area contributed by atoms with Crippen LogP contribution in [0.25, 0.3) is 0 Å². The Morgan fingerprint density at radius 3 is 0.854 bits per heavy atom. The van der Waals surface area contributed by atoms with Crippen LogP contribution in [0.15, 0.2) is 9.88 Å². The van der Waals surface area contributed by atoms with Gasteiger partial charge in [-0.2, -0.15) is 0 Å². The first-order chi connectivity index (χ1) is 20.2. The van der Waals surface area contributed by atoms with Gasteiger partial charge in [-0.1, -0.05) is 90.9 Å². The molecule has 1 rings (SSSR count). The van der Waals surface area contributed by atoms with E-state index < -0.39 is 0 Å². The molecule has 0 saturated heterocycles. The number of unbranched alkanes of at least 4 members (excludes halogenated alkanes) is 26. The van der Waals surface area contributed by atoms with E-state index in [-0.39, 0.29) is 26.1 Å². The maximum atomic E-state index is 12.8. The van der Waals surface area contributed by atoms with Crippen molar-refractivity contribution < 1.29 is 9.59 Å². The topological polar surface area (TPSA) is 34.1 Å². The van der Waals surface area contributed by atoms with Gasteiger partial charge in [-0.3, -0.25) is 0 Å². The van der Waals surface area contributed by atoms with Gasteiger partial charge in [-0.15, -0.1) is 0 Å². The number of carbonyl (C=O) groups excluding carboxylic acids is 2. The zero-order valence-electron chi connectivity index (χ0n) is 27.6. The molecule has 0 radical (unpaired) electrons. The van der Waals surface area contributed by atoms with Crippen LogP contribution in [0.3, 0.4) is 0 Å². The monoisotopic (exact) mass is 636 g/mol. The van der Waals surface area contributed by atoms with Gasteiger partial charge in [0, 0.05) is 0 Å². The van der Waals surface area contributed by atoms with Crippen LogP contribution in [0.1, 0.15) is 227 Å². The summed E-state index contributed by atoms with van der Waals surface area (Å²) in [5, 5.41) is 0. The Labute approximate surface area is 262 Å². The molecule has 0 aromatic carbocycles. The SMILES string of the molecule is CCCCCCCCCCCCCCCCC(=O)c1c[se]cc1C(=O)CCCCCCCCCCCCCCCC. The number of carbonyl (C=O) groups is 2. The zero-order valence-corrected chi connectivity index (χ0v) is 29.3. The smallest absolute Gasteiger partial charge is 0.0654 e. The minimum Gasteiger partial charge on any atom is -0.0654 e. The molecular formula is C38H68O2Se. The Kier molecular flexibility index (Phi) is 27.5. The standard InChI is InChI=1S/C38H68O2Se/c1-3-5-7-9-11-13-15-17-19-21-23-25-27-29-31-37(39)35-33-41-34-36(35)38(40)32-30-28-26-24-22-20-18-16-14-12-10-8-6-4-2/h33-34H,3-32H2,1-2H3. The van der Waals surface area contributed by atoms with E-state index in [2.05, 4.69) is 23.7 Å². The fourth-order valence-electron chi connectivity index (χ4n) is 5.96. The van der Waals surface area contributed by atoms with Crippen LogP contribution in [0.2, 0.25) is 0 Å². The normalized spacial score (nSPS) is 11.4. The van der Waals surface area contributed by atoms with E-state index in [9.17, 15) is 9.59 Å². The van der Waals surface area contributed by atoms with Crippen molar-refractivity contribution in [2.45, 2.75) is 206 Å². The van der Waals surface area contributed by atoms with E-state index in [4.69, 9.17) is 0 Å². The van der Waals surface area contributed by atoms with Crippen molar-refractivity contribution in [1.82, 2.24) is 0 Å². The molecule has 41 heavy (non-hydrogen) atoms. The van der Waals surface area contributed by atoms with Crippen molar-refractivity contribution in [3.05, 3.63) is 21.0 Å². The van der Waals surface area contributed by atoms with E-state index in [1.165, 1.54) is 154 Å². The average molecular weight is 636 g/mol. The van der Waals surface area contributed by atoms with Gasteiger partial charge in [0.1, 0.15) is 0 Å². The summed E-state index contributed by atoms with van der Waals surface area (Å²) in [5.41, 5.74) is 1.52. The second kappa shape index (κ2) is 29.4. The van der Waals surface area contributed by atoms with Crippen LogP contribution in [0.4, 0.5) is 0 Å². The first kappa shape index (κ1) is 38.4. The van der Waals surface area contributed by atoms with Crippen molar-refractivity contribution in [3.8, 4) is 0 Å². The Morgan fingerprint density at radius 2 is 0.610 bits per heavy atom. The van der Waals surface area contributed by atoms with Gasteiger partial charge in [0.25, 0.3) is 0 Å². The van der Waals surface area contributed by atoms with Crippen molar-refractivity contribution in [1.29, 1.82) is 0 Å². The van der Waals surface area contributed by atoms with Crippen LogP contribution in [-0.4, -0.2) is 26.1 Å². The molecule has 0 amide bonds. The van der Waals surface area contributed by atoms with Crippen molar-refractivity contribution in [3.63, 3.8) is 0 Å². The van der Waals surface area contributed by atoms with E-state index in [0.29, 0.717) is 12.8 Å². The summed E-state index contributed by atoms with van der Waals surface area (Å²) in [7, 11) is 0. The van der Waals surface area contributed by atoms with Crippen LogP contribution in [-0.2, 0) is 0 Å². The molecule has 1 aromatic rings. The molecule has 0 atom stereocenters. The summed E-state index contributed by atoms with van der Waals surface area (Å²) in [6.45, 7) is 4.56. The number of hydrogen-bond donors (Lipinski definition) is 0. The average Bonchev–Trinajstić information content (AvgIpc) is 3.48. The molecule has 3 heteroatoms.